The van der Waals surface area contributed by atoms with Crippen molar-refractivity contribution in [1.29, 1.82) is 0 Å². The van der Waals surface area contributed by atoms with Crippen LogP contribution in [0.5, 0.6) is 0 Å². The Morgan fingerprint density at radius 1 is 1.24 bits per heavy atom. The Bertz CT molecular complexity index is 807. The monoisotopic (exact) mass is 339 g/mol. The molecule has 0 atom stereocenters. The third-order valence-corrected chi connectivity index (χ3v) is 4.69. The molecule has 1 aromatic rings. The number of hydrogen-bond acceptors (Lipinski definition) is 2. The molecule has 0 saturated heterocycles. The molecule has 0 aromatic carbocycles. The highest BCUT2D eigenvalue weighted by Gasteiger charge is 2.26. The van der Waals surface area contributed by atoms with Crippen LogP contribution in [-0.2, 0) is 0 Å². The molecule has 0 spiro atoms. The van der Waals surface area contributed by atoms with Crippen LogP contribution in [0.1, 0.15) is 59.6 Å². The summed E-state index contributed by atoms with van der Waals surface area (Å²) >= 11 is 0. The van der Waals surface area contributed by atoms with Gasteiger partial charge in [-0.1, -0.05) is 55.4 Å². The molecule has 2 rings (SSSR count). The average Bonchev–Trinajstić information content (AvgIpc) is 2.91. The van der Waals surface area contributed by atoms with E-state index in [9.17, 15) is 4.79 Å². The molecule has 1 aliphatic rings. The Morgan fingerprint density at radius 3 is 2.64 bits per heavy atom. The summed E-state index contributed by atoms with van der Waals surface area (Å²) in [6, 6.07) is 0. The van der Waals surface area contributed by atoms with E-state index in [0.29, 0.717) is 5.76 Å². The van der Waals surface area contributed by atoms with Crippen molar-refractivity contribution in [2.24, 2.45) is 5.41 Å². The molecule has 25 heavy (non-hydrogen) atoms. The van der Waals surface area contributed by atoms with Gasteiger partial charge in [0, 0.05) is 0 Å². The summed E-state index contributed by atoms with van der Waals surface area (Å²) < 4.78 is 4.96. The highest BCUT2D eigenvalue weighted by molar-refractivity contribution is 5.49. The fourth-order valence-corrected chi connectivity index (χ4v) is 3.27. The number of H-pyrrole nitrogens is 1. The molecular weight excluding hydrogens is 310 g/mol. The average molecular weight is 339 g/mol. The summed E-state index contributed by atoms with van der Waals surface area (Å²) in [6.07, 6.45) is 17.7. The van der Waals surface area contributed by atoms with E-state index < -0.39 is 5.76 Å². The first kappa shape index (κ1) is 19.0. The minimum atomic E-state index is -0.431. The van der Waals surface area contributed by atoms with Crippen molar-refractivity contribution in [1.82, 2.24) is 4.98 Å². The zero-order valence-electron chi connectivity index (χ0n) is 16.0. The molecule has 134 valence electrons. The molecule has 0 saturated carbocycles. The quantitative estimate of drug-likeness (QED) is 0.673. The smallest absolute Gasteiger partial charge is 0.409 e. The third-order valence-electron chi connectivity index (χ3n) is 4.69. The number of oxazole rings is 1. The molecule has 0 bridgehead atoms. The minimum Gasteiger partial charge on any atom is -0.409 e. The van der Waals surface area contributed by atoms with Crippen LogP contribution in [0.15, 0.2) is 68.1 Å². The van der Waals surface area contributed by atoms with Gasteiger partial charge >= 0.3 is 5.76 Å². The van der Waals surface area contributed by atoms with Gasteiger partial charge in [0.25, 0.3) is 0 Å². The second kappa shape index (κ2) is 8.19. The second-order valence-corrected chi connectivity index (χ2v) is 7.50. The van der Waals surface area contributed by atoms with Gasteiger partial charge in [-0.2, -0.15) is 0 Å². The van der Waals surface area contributed by atoms with Crippen LogP contribution >= 0.6 is 0 Å². The Hall–Kier alpha value is -2.29. The molecule has 1 aliphatic carbocycles. The maximum Gasteiger partial charge on any atom is 0.416 e. The zero-order valence-corrected chi connectivity index (χ0v) is 16.0. The lowest BCUT2D eigenvalue weighted by atomic mass is 9.72. The summed E-state index contributed by atoms with van der Waals surface area (Å²) in [4.78, 5) is 13.4. The minimum absolute atomic E-state index is 0.273. The number of rotatable bonds is 5. The van der Waals surface area contributed by atoms with Crippen molar-refractivity contribution in [2.75, 3.05) is 0 Å². The van der Waals surface area contributed by atoms with E-state index >= 15 is 0 Å². The number of nitrogens with one attached hydrogen (secondary N) is 1. The van der Waals surface area contributed by atoms with Crippen LogP contribution in [0.3, 0.4) is 0 Å². The van der Waals surface area contributed by atoms with Crippen molar-refractivity contribution >= 4 is 6.08 Å². The molecule has 1 N–H and O–H groups in total. The highest BCUT2D eigenvalue weighted by Crippen LogP contribution is 2.40. The number of aromatic nitrogens is 1. The van der Waals surface area contributed by atoms with E-state index in [2.05, 4.69) is 50.9 Å². The van der Waals surface area contributed by atoms with E-state index in [1.807, 2.05) is 25.2 Å². The molecular formula is C22H29NO2. The predicted octanol–water partition coefficient (Wildman–Crippen LogP) is 5.96. The molecule has 1 aromatic heterocycles. The predicted molar refractivity (Wildman–Crippen MR) is 105 cm³/mol. The lowest BCUT2D eigenvalue weighted by Gasteiger charge is -2.32. The van der Waals surface area contributed by atoms with Crippen LogP contribution in [0.25, 0.3) is 6.08 Å². The van der Waals surface area contributed by atoms with Gasteiger partial charge in [-0.05, 0) is 62.7 Å². The van der Waals surface area contributed by atoms with E-state index in [4.69, 9.17) is 4.42 Å². The summed E-state index contributed by atoms with van der Waals surface area (Å²) in [5.41, 5.74) is 5.49. The van der Waals surface area contributed by atoms with E-state index in [1.165, 1.54) is 36.0 Å². The largest absolute Gasteiger partial charge is 0.416 e. The third kappa shape index (κ3) is 5.63. The van der Waals surface area contributed by atoms with E-state index in [-0.39, 0.29) is 5.41 Å². The van der Waals surface area contributed by atoms with Crippen LogP contribution < -0.4 is 5.76 Å². The van der Waals surface area contributed by atoms with Crippen molar-refractivity contribution < 1.29 is 4.42 Å². The summed E-state index contributed by atoms with van der Waals surface area (Å²) in [6.45, 7) is 11.0. The Morgan fingerprint density at radius 2 is 2.00 bits per heavy atom. The van der Waals surface area contributed by atoms with Crippen LogP contribution in [0.4, 0.5) is 0 Å². The van der Waals surface area contributed by atoms with Gasteiger partial charge in [0.15, 0.2) is 0 Å². The van der Waals surface area contributed by atoms with Gasteiger partial charge in [-0.3, -0.25) is 4.98 Å². The Balaban J connectivity index is 2.04. The van der Waals surface area contributed by atoms with Gasteiger partial charge in [0.2, 0.25) is 0 Å². The summed E-state index contributed by atoms with van der Waals surface area (Å²) in [5.74, 6) is 0.105. The zero-order chi connectivity index (χ0) is 18.4. The molecule has 0 aliphatic heterocycles. The topological polar surface area (TPSA) is 46.0 Å². The van der Waals surface area contributed by atoms with Crippen molar-refractivity contribution in [3.63, 3.8) is 0 Å². The molecule has 1 heterocycles. The lowest BCUT2D eigenvalue weighted by Crippen LogP contribution is -2.19. The maximum absolute atomic E-state index is 11.0. The Labute approximate surface area is 150 Å². The summed E-state index contributed by atoms with van der Waals surface area (Å²) in [5, 5.41) is 0. The maximum atomic E-state index is 11.0. The van der Waals surface area contributed by atoms with Crippen LogP contribution in [0, 0.1) is 5.41 Å². The van der Waals surface area contributed by atoms with Crippen LogP contribution in [0.2, 0.25) is 0 Å². The SMILES string of the molecule is CC1=C(/C=C/C(C)=C/C=C/C(C)=C/c2c[nH]c(=O)o2)C(C)(C)CCC1. The number of allylic oxidation sites excluding steroid dienone is 9. The molecule has 0 radical (unpaired) electrons. The number of aromatic amines is 1. The van der Waals surface area contributed by atoms with E-state index in [1.54, 1.807) is 6.20 Å². The first-order chi connectivity index (χ1) is 11.8. The fourth-order valence-electron chi connectivity index (χ4n) is 3.27. The molecule has 0 unspecified atom stereocenters. The molecule has 3 nitrogen and oxygen atoms in total. The first-order valence-electron chi connectivity index (χ1n) is 8.88. The molecule has 3 heteroatoms. The van der Waals surface area contributed by atoms with Gasteiger partial charge < -0.3 is 4.42 Å². The lowest BCUT2D eigenvalue weighted by molar-refractivity contribution is 0.377. The highest BCUT2D eigenvalue weighted by atomic mass is 16.4. The molecule has 0 amide bonds. The van der Waals surface area contributed by atoms with E-state index in [0.717, 1.165) is 5.57 Å². The van der Waals surface area contributed by atoms with Gasteiger partial charge in [0.1, 0.15) is 5.76 Å². The van der Waals surface area contributed by atoms with Gasteiger partial charge in [-0.15, -0.1) is 0 Å². The standard InChI is InChI=1S/C22H29NO2/c1-16(11-12-20-18(3)10-7-13-22(20,4)5)8-6-9-17(2)14-19-15-23-21(24)25-19/h6,8-9,11-12,14-15H,7,10,13H2,1-5H3,(H,23,24)/b9-6+,12-11+,16-8+,17-14+. The summed E-state index contributed by atoms with van der Waals surface area (Å²) in [7, 11) is 0. The normalized spacial score (nSPS) is 19.4. The second-order valence-electron chi connectivity index (χ2n) is 7.50. The fraction of sp³-hybridized carbons (Fsp3) is 0.409. The van der Waals surface area contributed by atoms with Crippen molar-refractivity contribution in [3.05, 3.63) is 75.2 Å². The van der Waals surface area contributed by atoms with Crippen molar-refractivity contribution in [3.8, 4) is 0 Å². The first-order valence-corrected chi connectivity index (χ1v) is 8.88. The Kier molecular flexibility index (Phi) is 6.24. The number of hydrogen-bond donors (Lipinski definition) is 1. The van der Waals surface area contributed by atoms with Crippen molar-refractivity contribution in [2.45, 2.75) is 53.9 Å². The molecule has 0 fully saturated rings. The van der Waals surface area contributed by atoms with Gasteiger partial charge in [-0.25, -0.2) is 4.79 Å². The van der Waals surface area contributed by atoms with Crippen LogP contribution in [-0.4, -0.2) is 4.98 Å². The van der Waals surface area contributed by atoms with Gasteiger partial charge in [0.05, 0.1) is 6.20 Å².